The molecule has 0 aliphatic carbocycles. The van der Waals surface area contributed by atoms with Gasteiger partial charge in [0.25, 0.3) is 5.91 Å². The van der Waals surface area contributed by atoms with Gasteiger partial charge in [0, 0.05) is 11.1 Å². The highest BCUT2D eigenvalue weighted by Crippen LogP contribution is 2.18. The van der Waals surface area contributed by atoms with Crippen LogP contribution in [-0.4, -0.2) is 16.8 Å². The second-order valence-electron chi connectivity index (χ2n) is 6.50. The van der Waals surface area contributed by atoms with E-state index >= 15 is 0 Å². The highest BCUT2D eigenvalue weighted by atomic mass is 32.1. The van der Waals surface area contributed by atoms with Gasteiger partial charge in [0.1, 0.15) is 5.69 Å². The number of anilines is 2. The van der Waals surface area contributed by atoms with Gasteiger partial charge in [-0.15, -0.1) is 11.3 Å². The second-order valence-corrected chi connectivity index (χ2v) is 7.36. The lowest BCUT2D eigenvalue weighted by atomic mass is 10.1. The Bertz CT molecular complexity index is 920. The van der Waals surface area contributed by atoms with Crippen LogP contribution in [0.25, 0.3) is 0 Å². The molecule has 2 aromatic carbocycles. The number of benzene rings is 2. The van der Waals surface area contributed by atoms with E-state index in [2.05, 4.69) is 22.5 Å². The summed E-state index contributed by atoms with van der Waals surface area (Å²) in [6.45, 7) is 2.17. The summed E-state index contributed by atoms with van der Waals surface area (Å²) in [5.74, 6) is -0.448. The average Bonchev–Trinajstić information content (AvgIpc) is 3.16. The normalized spacial score (nSPS) is 10.5. The van der Waals surface area contributed by atoms with E-state index in [1.807, 2.05) is 54.6 Å². The smallest absolute Gasteiger partial charge is 0.275 e. The van der Waals surface area contributed by atoms with Crippen LogP contribution in [0.1, 0.15) is 41.4 Å². The van der Waals surface area contributed by atoms with Gasteiger partial charge < -0.3 is 10.6 Å². The lowest BCUT2D eigenvalue weighted by molar-refractivity contribution is -0.115. The maximum absolute atomic E-state index is 12.4. The SMILES string of the molecule is CCCCc1ccc(NC(=O)c2csc(NC(=O)Cc3ccccc3)n2)cc1. The molecule has 0 spiro atoms. The molecule has 1 aromatic heterocycles. The first-order valence-electron chi connectivity index (χ1n) is 9.33. The standard InChI is InChI=1S/C22H23N3O2S/c1-2-3-7-16-10-12-18(13-11-16)23-21(27)19-15-28-22(24-19)25-20(26)14-17-8-5-4-6-9-17/h4-6,8-13,15H,2-3,7,14H2,1H3,(H,23,27)(H,24,25,26). The van der Waals surface area contributed by atoms with Crippen LogP contribution >= 0.6 is 11.3 Å². The van der Waals surface area contributed by atoms with E-state index < -0.39 is 0 Å². The molecule has 0 unspecified atom stereocenters. The zero-order chi connectivity index (χ0) is 19.8. The Hall–Kier alpha value is -2.99. The average molecular weight is 394 g/mol. The molecule has 2 N–H and O–H groups in total. The van der Waals surface area contributed by atoms with Crippen LogP contribution in [0.5, 0.6) is 0 Å². The Balaban J connectivity index is 1.54. The third-order valence-electron chi connectivity index (χ3n) is 4.22. The highest BCUT2D eigenvalue weighted by molar-refractivity contribution is 7.14. The lowest BCUT2D eigenvalue weighted by Crippen LogP contribution is -2.15. The molecular weight excluding hydrogens is 370 g/mol. The van der Waals surface area contributed by atoms with E-state index in [4.69, 9.17) is 0 Å². The van der Waals surface area contributed by atoms with Crippen molar-refractivity contribution in [1.29, 1.82) is 0 Å². The summed E-state index contributed by atoms with van der Waals surface area (Å²) in [5.41, 5.74) is 3.21. The van der Waals surface area contributed by atoms with Gasteiger partial charge in [0.15, 0.2) is 5.13 Å². The predicted octanol–water partition coefficient (Wildman–Crippen LogP) is 4.92. The molecule has 3 aromatic rings. The van der Waals surface area contributed by atoms with Crippen molar-refractivity contribution in [3.05, 3.63) is 76.8 Å². The minimum Gasteiger partial charge on any atom is -0.321 e. The third kappa shape index (κ3) is 5.76. The van der Waals surface area contributed by atoms with E-state index in [1.54, 1.807) is 5.38 Å². The molecule has 0 saturated heterocycles. The summed E-state index contributed by atoms with van der Waals surface area (Å²) >= 11 is 1.23. The highest BCUT2D eigenvalue weighted by Gasteiger charge is 2.13. The Labute approximate surface area is 168 Å². The van der Waals surface area contributed by atoms with Crippen molar-refractivity contribution in [1.82, 2.24) is 4.98 Å². The monoisotopic (exact) mass is 393 g/mol. The summed E-state index contributed by atoms with van der Waals surface area (Å²) in [6, 6.07) is 17.3. The molecule has 6 heteroatoms. The van der Waals surface area contributed by atoms with Gasteiger partial charge in [0.2, 0.25) is 5.91 Å². The van der Waals surface area contributed by atoms with E-state index in [1.165, 1.54) is 16.9 Å². The maximum atomic E-state index is 12.4. The fourth-order valence-electron chi connectivity index (χ4n) is 2.71. The van der Waals surface area contributed by atoms with E-state index in [0.717, 1.165) is 30.5 Å². The van der Waals surface area contributed by atoms with Crippen molar-refractivity contribution in [2.75, 3.05) is 10.6 Å². The molecule has 0 radical (unpaired) electrons. The summed E-state index contributed by atoms with van der Waals surface area (Å²) in [4.78, 5) is 28.7. The fourth-order valence-corrected chi connectivity index (χ4v) is 3.42. The molecule has 0 aliphatic rings. The van der Waals surface area contributed by atoms with Crippen LogP contribution in [0, 0.1) is 0 Å². The van der Waals surface area contributed by atoms with Gasteiger partial charge in [-0.1, -0.05) is 55.8 Å². The van der Waals surface area contributed by atoms with E-state index in [-0.39, 0.29) is 23.9 Å². The Morgan fingerprint density at radius 3 is 2.43 bits per heavy atom. The lowest BCUT2D eigenvalue weighted by Gasteiger charge is -2.05. The molecule has 3 rings (SSSR count). The molecule has 1 heterocycles. The van der Waals surface area contributed by atoms with Crippen LogP contribution in [0.3, 0.4) is 0 Å². The van der Waals surface area contributed by atoms with Gasteiger partial charge in [-0.25, -0.2) is 4.98 Å². The number of unbranched alkanes of at least 4 members (excludes halogenated alkanes) is 1. The minimum absolute atomic E-state index is 0.157. The molecule has 0 bridgehead atoms. The number of amides is 2. The van der Waals surface area contributed by atoms with Crippen LogP contribution in [0.4, 0.5) is 10.8 Å². The van der Waals surface area contributed by atoms with Gasteiger partial charge in [-0.3, -0.25) is 9.59 Å². The summed E-state index contributed by atoms with van der Waals surface area (Å²) in [6.07, 6.45) is 3.63. The molecule has 0 aliphatic heterocycles. The van der Waals surface area contributed by atoms with E-state index in [9.17, 15) is 9.59 Å². The van der Waals surface area contributed by atoms with Crippen molar-refractivity contribution < 1.29 is 9.59 Å². The minimum atomic E-state index is -0.291. The van der Waals surface area contributed by atoms with Gasteiger partial charge in [0.05, 0.1) is 6.42 Å². The summed E-state index contributed by atoms with van der Waals surface area (Å²) in [5, 5.41) is 7.65. The number of thiazole rings is 1. The number of aromatic nitrogens is 1. The van der Waals surface area contributed by atoms with Crippen LogP contribution in [-0.2, 0) is 17.6 Å². The number of aryl methyl sites for hydroxylation is 1. The van der Waals surface area contributed by atoms with Crippen LogP contribution in [0.2, 0.25) is 0 Å². The molecule has 0 fully saturated rings. The number of hydrogen-bond donors (Lipinski definition) is 2. The molecule has 0 atom stereocenters. The van der Waals surface area contributed by atoms with Crippen molar-refractivity contribution >= 4 is 34.0 Å². The van der Waals surface area contributed by atoms with Gasteiger partial charge in [-0.05, 0) is 36.1 Å². The zero-order valence-corrected chi connectivity index (χ0v) is 16.6. The molecule has 2 amide bonds. The Kier molecular flexibility index (Phi) is 6.92. The van der Waals surface area contributed by atoms with Crippen molar-refractivity contribution in [2.45, 2.75) is 32.6 Å². The molecule has 144 valence electrons. The number of rotatable bonds is 8. The van der Waals surface area contributed by atoms with Gasteiger partial charge in [-0.2, -0.15) is 0 Å². The molecule has 0 saturated carbocycles. The van der Waals surface area contributed by atoms with Crippen molar-refractivity contribution in [3.63, 3.8) is 0 Å². The first kappa shape index (κ1) is 19.8. The Morgan fingerprint density at radius 1 is 0.964 bits per heavy atom. The summed E-state index contributed by atoms with van der Waals surface area (Å²) in [7, 11) is 0. The van der Waals surface area contributed by atoms with Crippen LogP contribution in [0.15, 0.2) is 60.0 Å². The predicted molar refractivity (Wildman–Crippen MR) is 114 cm³/mol. The zero-order valence-electron chi connectivity index (χ0n) is 15.8. The molecule has 28 heavy (non-hydrogen) atoms. The maximum Gasteiger partial charge on any atom is 0.275 e. The quantitative estimate of drug-likeness (QED) is 0.571. The van der Waals surface area contributed by atoms with Crippen LogP contribution < -0.4 is 10.6 Å². The summed E-state index contributed by atoms with van der Waals surface area (Å²) < 4.78 is 0. The number of carbonyl (C=O) groups is 2. The third-order valence-corrected chi connectivity index (χ3v) is 4.98. The number of nitrogens with one attached hydrogen (secondary N) is 2. The second kappa shape index (κ2) is 9.80. The topological polar surface area (TPSA) is 71.1 Å². The molecule has 5 nitrogen and oxygen atoms in total. The largest absolute Gasteiger partial charge is 0.321 e. The van der Waals surface area contributed by atoms with Crippen molar-refractivity contribution in [3.8, 4) is 0 Å². The van der Waals surface area contributed by atoms with Gasteiger partial charge >= 0.3 is 0 Å². The fraction of sp³-hybridized carbons (Fsp3) is 0.227. The number of hydrogen-bond acceptors (Lipinski definition) is 4. The Morgan fingerprint density at radius 2 is 1.71 bits per heavy atom. The van der Waals surface area contributed by atoms with Crippen molar-refractivity contribution in [2.24, 2.45) is 0 Å². The van der Waals surface area contributed by atoms with E-state index in [0.29, 0.717) is 5.13 Å². The molecular formula is C22H23N3O2S. The first-order chi connectivity index (χ1) is 13.6. The number of carbonyl (C=O) groups excluding carboxylic acids is 2. The first-order valence-corrected chi connectivity index (χ1v) is 10.2. The number of nitrogens with zero attached hydrogens (tertiary/aromatic N) is 1.